The first-order valence-electron chi connectivity index (χ1n) is 5.16. The van der Waals surface area contributed by atoms with Crippen molar-refractivity contribution < 1.29 is 4.79 Å². The molecule has 1 aromatic carbocycles. The Hall–Kier alpha value is -1.40. The minimum absolute atomic E-state index is 0.135. The minimum Gasteiger partial charge on any atom is -0.377 e. The maximum absolute atomic E-state index is 11.7. The van der Waals surface area contributed by atoms with E-state index in [1.54, 1.807) is 6.07 Å². The van der Waals surface area contributed by atoms with E-state index in [0.717, 1.165) is 22.9 Å². The summed E-state index contributed by atoms with van der Waals surface area (Å²) in [5.74, 6) is 4.89. The van der Waals surface area contributed by atoms with Crippen molar-refractivity contribution in [2.24, 2.45) is 16.7 Å². The Morgan fingerprint density at radius 3 is 2.72 bits per heavy atom. The normalized spacial score (nSPS) is 11.4. The first-order valence-corrected chi connectivity index (χ1v) is 6.53. The van der Waals surface area contributed by atoms with Crippen LogP contribution in [0.2, 0.25) is 5.02 Å². The average Bonchev–Trinajstić information content (AvgIpc) is 2.30. The van der Waals surface area contributed by atoms with Gasteiger partial charge in [-0.3, -0.25) is 4.79 Å². The van der Waals surface area contributed by atoms with Crippen LogP contribution in [0.15, 0.2) is 17.2 Å². The lowest BCUT2D eigenvalue weighted by Crippen LogP contribution is -2.19. The molecule has 0 fully saturated rings. The van der Waals surface area contributed by atoms with Crippen molar-refractivity contribution in [1.29, 1.82) is 0 Å². The van der Waals surface area contributed by atoms with Crippen LogP contribution < -0.4 is 16.9 Å². The minimum atomic E-state index is -0.208. The number of halogens is 1. The molecule has 0 radical (unpaired) electrons. The Labute approximate surface area is 115 Å². The second kappa shape index (κ2) is 6.51. The van der Waals surface area contributed by atoms with E-state index in [9.17, 15) is 4.79 Å². The number of hydrazone groups is 1. The maximum Gasteiger partial charge on any atom is 0.234 e. The number of carbonyl (C=O) groups is 1. The van der Waals surface area contributed by atoms with E-state index < -0.39 is 0 Å². The van der Waals surface area contributed by atoms with E-state index >= 15 is 0 Å². The van der Waals surface area contributed by atoms with E-state index in [1.807, 2.05) is 19.9 Å². The van der Waals surface area contributed by atoms with E-state index in [4.69, 9.17) is 23.2 Å². The molecular weight excluding hydrogens is 272 g/mol. The van der Waals surface area contributed by atoms with Crippen LogP contribution in [0, 0.1) is 13.8 Å². The summed E-state index contributed by atoms with van der Waals surface area (Å²) in [5.41, 5.74) is 7.96. The number of nitrogens with two attached hydrogens (primary N) is 2. The van der Waals surface area contributed by atoms with Crippen LogP contribution in [-0.4, -0.2) is 16.8 Å². The number of nitrogens with one attached hydrogen (secondary N) is 1. The average molecular weight is 287 g/mol. The molecule has 1 amide bonds. The molecule has 98 valence electrons. The van der Waals surface area contributed by atoms with E-state index in [1.165, 1.54) is 0 Å². The molecule has 5 N–H and O–H groups in total. The molecule has 1 aromatic rings. The van der Waals surface area contributed by atoms with Crippen molar-refractivity contribution in [3.63, 3.8) is 0 Å². The lowest BCUT2D eigenvalue weighted by Gasteiger charge is -2.11. The quantitative estimate of drug-likeness (QED) is 0.342. The molecule has 0 aliphatic heterocycles. The number of amides is 1. The number of benzene rings is 1. The van der Waals surface area contributed by atoms with Gasteiger partial charge in [0.25, 0.3) is 0 Å². The number of nitrogens with zero attached hydrogens (tertiary/aromatic N) is 1. The van der Waals surface area contributed by atoms with Gasteiger partial charge in [-0.2, -0.15) is 5.10 Å². The van der Waals surface area contributed by atoms with Gasteiger partial charge in [-0.05, 0) is 31.0 Å². The van der Waals surface area contributed by atoms with Crippen LogP contribution in [0.5, 0.6) is 0 Å². The lowest BCUT2D eigenvalue weighted by atomic mass is 10.1. The lowest BCUT2D eigenvalue weighted by molar-refractivity contribution is -0.113. The Bertz CT molecular complexity index is 467. The highest BCUT2D eigenvalue weighted by Gasteiger charge is 2.10. The fourth-order valence-corrected chi connectivity index (χ4v) is 2.22. The third-order valence-electron chi connectivity index (χ3n) is 2.17. The van der Waals surface area contributed by atoms with Crippen LogP contribution >= 0.6 is 23.4 Å². The summed E-state index contributed by atoms with van der Waals surface area (Å²) >= 11 is 7.15. The smallest absolute Gasteiger partial charge is 0.234 e. The molecule has 0 aliphatic carbocycles. The fourth-order valence-electron chi connectivity index (χ4n) is 1.43. The van der Waals surface area contributed by atoms with Gasteiger partial charge in [-0.15, -0.1) is 0 Å². The number of thioether (sulfide) groups is 1. The Balaban J connectivity index is 2.71. The summed E-state index contributed by atoms with van der Waals surface area (Å²) in [6, 6.07) is 3.75. The molecule has 1 rings (SSSR count). The van der Waals surface area contributed by atoms with E-state index in [2.05, 4.69) is 10.4 Å². The third-order valence-corrected chi connectivity index (χ3v) is 3.28. The molecule has 0 aliphatic rings. The highest BCUT2D eigenvalue weighted by molar-refractivity contribution is 8.14. The van der Waals surface area contributed by atoms with Gasteiger partial charge < -0.3 is 16.9 Å². The number of carbonyl (C=O) groups excluding carboxylic acids is 1. The zero-order valence-corrected chi connectivity index (χ0v) is 11.7. The Morgan fingerprint density at radius 1 is 1.50 bits per heavy atom. The standard InChI is InChI=1S/C11H15ClN4OS/c1-6-3-7(2)10(8(12)4-6)15-9(17)5-18-11(13)16-14/h3-4H,5,14H2,1-2H3,(H2,13,16)(H,15,17). The topological polar surface area (TPSA) is 93.5 Å². The molecule has 0 unspecified atom stereocenters. The molecule has 18 heavy (non-hydrogen) atoms. The zero-order valence-electron chi connectivity index (χ0n) is 10.2. The molecule has 0 spiro atoms. The van der Waals surface area contributed by atoms with Crippen LogP contribution in [0.3, 0.4) is 0 Å². The second-order valence-corrected chi connectivity index (χ2v) is 5.15. The van der Waals surface area contributed by atoms with Crippen LogP contribution in [0.1, 0.15) is 11.1 Å². The molecular formula is C11H15ClN4OS. The number of aryl methyl sites for hydroxylation is 2. The number of rotatable bonds is 3. The summed E-state index contributed by atoms with van der Waals surface area (Å²) in [6.45, 7) is 3.83. The van der Waals surface area contributed by atoms with Gasteiger partial charge in [0.1, 0.15) is 0 Å². The summed E-state index contributed by atoms with van der Waals surface area (Å²) in [4.78, 5) is 11.7. The van der Waals surface area contributed by atoms with Gasteiger partial charge in [0.2, 0.25) is 5.91 Å². The predicted octanol–water partition coefficient (Wildman–Crippen LogP) is 1.82. The second-order valence-electron chi connectivity index (χ2n) is 3.74. The number of amidine groups is 1. The van der Waals surface area contributed by atoms with Crippen molar-refractivity contribution in [3.05, 3.63) is 28.3 Å². The van der Waals surface area contributed by atoms with Crippen molar-refractivity contribution >= 4 is 40.1 Å². The van der Waals surface area contributed by atoms with Gasteiger partial charge in [0.15, 0.2) is 5.17 Å². The van der Waals surface area contributed by atoms with Gasteiger partial charge in [-0.1, -0.05) is 29.4 Å². The molecule has 0 aromatic heterocycles. The van der Waals surface area contributed by atoms with Crippen LogP contribution in [0.25, 0.3) is 0 Å². The van der Waals surface area contributed by atoms with Gasteiger partial charge in [-0.25, -0.2) is 0 Å². The Kier molecular flexibility index (Phi) is 5.30. The highest BCUT2D eigenvalue weighted by atomic mass is 35.5. The molecule has 0 heterocycles. The van der Waals surface area contributed by atoms with E-state index in [-0.39, 0.29) is 16.8 Å². The molecule has 0 atom stereocenters. The monoisotopic (exact) mass is 286 g/mol. The first kappa shape index (κ1) is 14.7. The SMILES string of the molecule is Cc1cc(C)c(NC(=O)CSC(N)=NN)c(Cl)c1. The number of anilines is 1. The first-order chi connectivity index (χ1) is 8.43. The number of hydrogen-bond acceptors (Lipinski definition) is 4. The van der Waals surface area contributed by atoms with E-state index in [0.29, 0.717) is 10.7 Å². The summed E-state index contributed by atoms with van der Waals surface area (Å²) < 4.78 is 0. The van der Waals surface area contributed by atoms with Crippen molar-refractivity contribution in [1.82, 2.24) is 0 Å². The summed E-state index contributed by atoms with van der Waals surface area (Å²) in [7, 11) is 0. The fraction of sp³-hybridized carbons (Fsp3) is 0.273. The molecule has 5 nitrogen and oxygen atoms in total. The summed E-state index contributed by atoms with van der Waals surface area (Å²) in [5, 5.41) is 6.69. The van der Waals surface area contributed by atoms with Crippen LogP contribution in [-0.2, 0) is 4.79 Å². The molecule has 7 heteroatoms. The highest BCUT2D eigenvalue weighted by Crippen LogP contribution is 2.27. The zero-order chi connectivity index (χ0) is 13.7. The largest absolute Gasteiger partial charge is 0.377 e. The van der Waals surface area contributed by atoms with Gasteiger partial charge in [0.05, 0.1) is 16.5 Å². The third kappa shape index (κ3) is 4.12. The predicted molar refractivity (Wildman–Crippen MR) is 77.8 cm³/mol. The number of hydrogen-bond donors (Lipinski definition) is 3. The Morgan fingerprint density at radius 2 is 2.17 bits per heavy atom. The van der Waals surface area contributed by atoms with Crippen molar-refractivity contribution in [3.8, 4) is 0 Å². The maximum atomic E-state index is 11.7. The van der Waals surface area contributed by atoms with Crippen LogP contribution in [0.4, 0.5) is 5.69 Å². The van der Waals surface area contributed by atoms with Crippen molar-refractivity contribution in [2.45, 2.75) is 13.8 Å². The molecule has 0 saturated heterocycles. The van der Waals surface area contributed by atoms with Gasteiger partial charge >= 0.3 is 0 Å². The molecule has 0 bridgehead atoms. The van der Waals surface area contributed by atoms with Crippen molar-refractivity contribution in [2.75, 3.05) is 11.1 Å². The summed E-state index contributed by atoms with van der Waals surface area (Å²) in [6.07, 6.45) is 0. The van der Waals surface area contributed by atoms with Gasteiger partial charge in [0, 0.05) is 0 Å². The molecule has 0 saturated carbocycles.